The molecule has 0 aliphatic heterocycles. The molecule has 2 nitrogen and oxygen atoms in total. The van der Waals surface area contributed by atoms with Crippen LogP contribution >= 0.6 is 0 Å². The Bertz CT molecular complexity index is 366. The van der Waals surface area contributed by atoms with Gasteiger partial charge in [-0.2, -0.15) is 0 Å². The summed E-state index contributed by atoms with van der Waals surface area (Å²) < 4.78 is 32.8. The van der Waals surface area contributed by atoms with Crippen molar-refractivity contribution in [1.29, 1.82) is 0 Å². The zero-order valence-electron chi connectivity index (χ0n) is 9.72. The molecule has 1 aliphatic carbocycles. The van der Waals surface area contributed by atoms with Crippen molar-refractivity contribution < 1.29 is 13.5 Å². The second-order valence-corrected chi connectivity index (χ2v) is 4.45. The molecular formula is C13H17F2NO. The molecule has 1 aliphatic rings. The highest BCUT2D eigenvalue weighted by Crippen LogP contribution is 2.29. The van der Waals surface area contributed by atoms with Gasteiger partial charge in [-0.25, -0.2) is 8.78 Å². The van der Waals surface area contributed by atoms with Crippen LogP contribution in [0, 0.1) is 11.6 Å². The molecule has 2 rings (SSSR count). The fraction of sp³-hybridized carbons (Fsp3) is 0.538. The van der Waals surface area contributed by atoms with Crippen LogP contribution < -0.4 is 10.5 Å². The summed E-state index contributed by atoms with van der Waals surface area (Å²) in [5, 5.41) is 0. The van der Waals surface area contributed by atoms with Crippen molar-refractivity contribution in [3.05, 3.63) is 29.3 Å². The van der Waals surface area contributed by atoms with E-state index in [-0.39, 0.29) is 11.9 Å². The topological polar surface area (TPSA) is 35.2 Å². The predicted octanol–water partition coefficient (Wildman–Crippen LogP) is 2.79. The Kier molecular flexibility index (Phi) is 3.94. The minimum atomic E-state index is -0.625. The number of benzene rings is 1. The molecule has 94 valence electrons. The van der Waals surface area contributed by atoms with E-state index in [2.05, 4.69) is 0 Å². The maximum absolute atomic E-state index is 13.7. The highest BCUT2D eigenvalue weighted by atomic mass is 19.1. The fourth-order valence-electron chi connectivity index (χ4n) is 2.21. The molecule has 1 aromatic carbocycles. The van der Waals surface area contributed by atoms with Crippen molar-refractivity contribution in [2.24, 2.45) is 5.73 Å². The minimum absolute atomic E-state index is 0.0423. The second-order valence-electron chi connectivity index (χ2n) is 4.45. The van der Waals surface area contributed by atoms with Gasteiger partial charge >= 0.3 is 0 Å². The molecule has 0 aromatic heterocycles. The first-order valence-electron chi connectivity index (χ1n) is 6.05. The molecule has 0 spiro atoms. The van der Waals surface area contributed by atoms with E-state index in [0.717, 1.165) is 25.7 Å². The van der Waals surface area contributed by atoms with Crippen molar-refractivity contribution in [1.82, 2.24) is 0 Å². The monoisotopic (exact) mass is 241 g/mol. The van der Waals surface area contributed by atoms with Gasteiger partial charge in [-0.3, -0.25) is 0 Å². The van der Waals surface area contributed by atoms with Crippen LogP contribution in [0.4, 0.5) is 8.78 Å². The number of hydrogen-bond donors (Lipinski definition) is 1. The van der Waals surface area contributed by atoms with E-state index in [1.54, 1.807) is 0 Å². The summed E-state index contributed by atoms with van der Waals surface area (Å²) in [4.78, 5) is 0. The molecule has 0 heterocycles. The molecule has 2 N–H and O–H groups in total. The first-order chi connectivity index (χ1) is 8.20. The van der Waals surface area contributed by atoms with Crippen LogP contribution in [0.5, 0.6) is 5.75 Å². The average Bonchev–Trinajstić information content (AvgIpc) is 2.76. The highest BCUT2D eigenvalue weighted by molar-refractivity contribution is 5.31. The van der Waals surface area contributed by atoms with Crippen LogP contribution in [0.1, 0.15) is 31.2 Å². The Morgan fingerprint density at radius 2 is 1.76 bits per heavy atom. The van der Waals surface area contributed by atoms with Crippen molar-refractivity contribution in [2.75, 3.05) is 6.54 Å². The van der Waals surface area contributed by atoms with Gasteiger partial charge < -0.3 is 10.5 Å². The smallest absolute Gasteiger partial charge is 0.191 e. The Morgan fingerprint density at radius 3 is 2.29 bits per heavy atom. The zero-order chi connectivity index (χ0) is 12.3. The number of nitrogens with two attached hydrogens (primary N) is 1. The van der Waals surface area contributed by atoms with E-state index in [4.69, 9.17) is 10.5 Å². The van der Waals surface area contributed by atoms with Gasteiger partial charge in [0.1, 0.15) is 0 Å². The molecule has 1 fully saturated rings. The molecule has 4 heteroatoms. The van der Waals surface area contributed by atoms with Crippen LogP contribution in [0.3, 0.4) is 0 Å². The largest absolute Gasteiger partial charge is 0.484 e. The standard InChI is InChI=1S/C13H17F2NO/c14-11-7-9(5-6-16)8-12(15)13(11)17-10-3-1-2-4-10/h7-8,10H,1-6,16H2. The highest BCUT2D eigenvalue weighted by Gasteiger charge is 2.21. The van der Waals surface area contributed by atoms with Gasteiger partial charge in [0.25, 0.3) is 0 Å². The normalized spacial score (nSPS) is 16.4. The van der Waals surface area contributed by atoms with E-state index in [9.17, 15) is 8.78 Å². The third kappa shape index (κ3) is 2.94. The summed E-state index contributed by atoms with van der Waals surface area (Å²) in [6.07, 6.45) is 4.32. The van der Waals surface area contributed by atoms with Gasteiger partial charge in [0, 0.05) is 0 Å². The first kappa shape index (κ1) is 12.3. The summed E-state index contributed by atoms with van der Waals surface area (Å²) in [5.41, 5.74) is 5.93. The van der Waals surface area contributed by atoms with Crippen LogP contribution in [0.2, 0.25) is 0 Å². The summed E-state index contributed by atoms with van der Waals surface area (Å²) in [7, 11) is 0. The first-order valence-corrected chi connectivity index (χ1v) is 6.05. The number of halogens is 2. The van der Waals surface area contributed by atoms with Crippen LogP contribution in [0.15, 0.2) is 12.1 Å². The lowest BCUT2D eigenvalue weighted by atomic mass is 10.1. The number of ether oxygens (including phenoxy) is 1. The van der Waals surface area contributed by atoms with Gasteiger partial charge in [-0.15, -0.1) is 0 Å². The van der Waals surface area contributed by atoms with Crippen molar-refractivity contribution >= 4 is 0 Å². The van der Waals surface area contributed by atoms with Gasteiger partial charge in [-0.05, 0) is 56.3 Å². The molecule has 0 bridgehead atoms. The Hall–Kier alpha value is -1.16. The Labute approximate surface area is 99.8 Å². The Morgan fingerprint density at radius 1 is 1.18 bits per heavy atom. The van der Waals surface area contributed by atoms with E-state index >= 15 is 0 Å². The van der Waals surface area contributed by atoms with Gasteiger partial charge in [0.15, 0.2) is 17.4 Å². The van der Waals surface area contributed by atoms with Gasteiger partial charge in [-0.1, -0.05) is 0 Å². The van der Waals surface area contributed by atoms with E-state index < -0.39 is 11.6 Å². The minimum Gasteiger partial charge on any atom is -0.484 e. The van der Waals surface area contributed by atoms with Crippen molar-refractivity contribution in [3.63, 3.8) is 0 Å². The summed E-state index contributed by atoms with van der Waals surface area (Å²) in [6.45, 7) is 0.377. The van der Waals surface area contributed by atoms with Crippen molar-refractivity contribution in [3.8, 4) is 5.75 Å². The zero-order valence-corrected chi connectivity index (χ0v) is 9.72. The molecule has 1 aromatic rings. The van der Waals surface area contributed by atoms with E-state index in [0.29, 0.717) is 18.5 Å². The molecule has 0 atom stereocenters. The molecule has 1 saturated carbocycles. The number of rotatable bonds is 4. The third-order valence-corrected chi connectivity index (χ3v) is 3.08. The quantitative estimate of drug-likeness (QED) is 0.879. The SMILES string of the molecule is NCCc1cc(F)c(OC2CCCC2)c(F)c1. The molecule has 17 heavy (non-hydrogen) atoms. The Balaban J connectivity index is 2.15. The molecule has 0 saturated heterocycles. The van der Waals surface area contributed by atoms with Gasteiger partial charge in [0.05, 0.1) is 6.10 Å². The van der Waals surface area contributed by atoms with Gasteiger partial charge in [0.2, 0.25) is 0 Å². The lowest BCUT2D eigenvalue weighted by molar-refractivity contribution is 0.191. The van der Waals surface area contributed by atoms with Crippen LogP contribution in [-0.2, 0) is 6.42 Å². The van der Waals surface area contributed by atoms with E-state index in [1.807, 2.05) is 0 Å². The number of hydrogen-bond acceptors (Lipinski definition) is 2. The molecular weight excluding hydrogens is 224 g/mol. The summed E-state index contributed by atoms with van der Waals surface area (Å²) in [6, 6.07) is 2.61. The lowest BCUT2D eigenvalue weighted by Gasteiger charge is -2.15. The maximum atomic E-state index is 13.7. The fourth-order valence-corrected chi connectivity index (χ4v) is 2.21. The van der Waals surface area contributed by atoms with Crippen LogP contribution in [-0.4, -0.2) is 12.6 Å². The molecule has 0 radical (unpaired) electrons. The average molecular weight is 241 g/mol. The summed E-state index contributed by atoms with van der Waals surface area (Å²) in [5.74, 6) is -1.49. The lowest BCUT2D eigenvalue weighted by Crippen LogP contribution is -2.13. The summed E-state index contributed by atoms with van der Waals surface area (Å²) >= 11 is 0. The molecule has 0 amide bonds. The van der Waals surface area contributed by atoms with Crippen molar-refractivity contribution in [2.45, 2.75) is 38.2 Å². The maximum Gasteiger partial charge on any atom is 0.191 e. The van der Waals surface area contributed by atoms with E-state index in [1.165, 1.54) is 12.1 Å². The second kappa shape index (κ2) is 5.45. The predicted molar refractivity (Wildman–Crippen MR) is 62.0 cm³/mol. The van der Waals surface area contributed by atoms with Crippen LogP contribution in [0.25, 0.3) is 0 Å². The third-order valence-electron chi connectivity index (χ3n) is 3.08. The molecule has 0 unspecified atom stereocenters.